The summed E-state index contributed by atoms with van der Waals surface area (Å²) in [7, 11) is 0. The molecule has 0 fully saturated rings. The zero-order valence-electron chi connectivity index (χ0n) is 20.2. The van der Waals surface area contributed by atoms with E-state index in [0.29, 0.717) is 36.2 Å². The fraction of sp³-hybridized carbons (Fsp3) is 0.222. The first-order chi connectivity index (χ1) is 17.4. The van der Waals surface area contributed by atoms with Gasteiger partial charge in [-0.2, -0.15) is 0 Å². The molecular weight excluding hydrogens is 454 g/mol. The smallest absolute Gasteiger partial charge is 0.267 e. The van der Waals surface area contributed by atoms with Crippen LogP contribution < -0.4 is 16.4 Å². The standard InChI is InChI=1S/C27H27N7O2/c1-18-8-6-13-34-24(18)31-25-22(27(34)36)16-21(26(35)30-19(2)20-9-4-3-5-10-20)23(28)33(25)14-7-12-32-15-11-29-17-32/h3-6,8-11,13,15-17,19,28H,7,12,14H2,1-2H3,(H,30,35)/t19-/m1/s1. The molecule has 1 amide bonds. The van der Waals surface area contributed by atoms with Crippen LogP contribution in [0.3, 0.4) is 0 Å². The van der Waals surface area contributed by atoms with Gasteiger partial charge in [-0.05, 0) is 43.5 Å². The van der Waals surface area contributed by atoms with Gasteiger partial charge < -0.3 is 14.5 Å². The number of aromatic nitrogens is 5. The van der Waals surface area contributed by atoms with E-state index in [2.05, 4.69) is 10.3 Å². The molecule has 9 nitrogen and oxygen atoms in total. The number of imidazole rings is 1. The third-order valence-electron chi connectivity index (χ3n) is 6.38. The highest BCUT2D eigenvalue weighted by atomic mass is 16.2. The van der Waals surface area contributed by atoms with E-state index in [9.17, 15) is 9.59 Å². The van der Waals surface area contributed by atoms with Gasteiger partial charge in [-0.1, -0.05) is 36.4 Å². The van der Waals surface area contributed by atoms with Gasteiger partial charge in [0, 0.05) is 31.7 Å². The van der Waals surface area contributed by atoms with Crippen molar-refractivity contribution in [2.75, 3.05) is 0 Å². The van der Waals surface area contributed by atoms with Crippen molar-refractivity contribution in [3.8, 4) is 0 Å². The summed E-state index contributed by atoms with van der Waals surface area (Å²) in [6.07, 6.45) is 7.67. The van der Waals surface area contributed by atoms with Crippen LogP contribution >= 0.6 is 0 Å². The van der Waals surface area contributed by atoms with Gasteiger partial charge in [0.1, 0.15) is 16.8 Å². The number of carbonyl (C=O) groups excluding carboxylic acids is 1. The van der Waals surface area contributed by atoms with Gasteiger partial charge >= 0.3 is 0 Å². The Kier molecular flexibility index (Phi) is 6.20. The van der Waals surface area contributed by atoms with Gasteiger partial charge in [0.25, 0.3) is 11.5 Å². The van der Waals surface area contributed by atoms with Crippen LogP contribution in [-0.2, 0) is 13.1 Å². The fourth-order valence-corrected chi connectivity index (χ4v) is 4.42. The molecule has 1 aromatic carbocycles. The van der Waals surface area contributed by atoms with Gasteiger partial charge in [0.2, 0.25) is 0 Å². The SMILES string of the molecule is Cc1cccn2c(=O)c3cc(C(=O)N[C@H](C)c4ccccc4)c(=N)n(CCCn4ccnc4)c3nc12. The van der Waals surface area contributed by atoms with Gasteiger partial charge in [0.05, 0.1) is 23.3 Å². The molecule has 182 valence electrons. The molecule has 0 bridgehead atoms. The number of hydrogen-bond acceptors (Lipinski definition) is 5. The molecule has 4 aromatic heterocycles. The average molecular weight is 482 g/mol. The predicted octanol–water partition coefficient (Wildman–Crippen LogP) is 3.21. The summed E-state index contributed by atoms with van der Waals surface area (Å²) in [5.74, 6) is -0.407. The lowest BCUT2D eigenvalue weighted by atomic mass is 10.1. The summed E-state index contributed by atoms with van der Waals surface area (Å²) in [6.45, 7) is 4.88. The van der Waals surface area contributed by atoms with Crippen molar-refractivity contribution < 1.29 is 4.79 Å². The van der Waals surface area contributed by atoms with Gasteiger partial charge in [-0.25, -0.2) is 9.97 Å². The van der Waals surface area contributed by atoms with E-state index in [1.807, 2.05) is 61.0 Å². The van der Waals surface area contributed by atoms with Crippen molar-refractivity contribution >= 4 is 22.6 Å². The Labute approximate surface area is 207 Å². The highest BCUT2D eigenvalue weighted by molar-refractivity contribution is 5.97. The monoisotopic (exact) mass is 481 g/mol. The molecule has 0 spiro atoms. The molecule has 1 atom stereocenters. The van der Waals surface area contributed by atoms with E-state index in [0.717, 1.165) is 11.1 Å². The van der Waals surface area contributed by atoms with Gasteiger partial charge in [-0.15, -0.1) is 0 Å². The number of pyridine rings is 2. The van der Waals surface area contributed by atoms with E-state index < -0.39 is 5.91 Å². The van der Waals surface area contributed by atoms with Crippen molar-refractivity contribution in [3.05, 3.63) is 106 Å². The third kappa shape index (κ3) is 4.31. The molecule has 0 unspecified atom stereocenters. The quantitative estimate of drug-likeness (QED) is 0.348. The number of rotatable bonds is 7. The maximum Gasteiger partial charge on any atom is 0.267 e. The van der Waals surface area contributed by atoms with Crippen LogP contribution in [0.15, 0.2) is 78.2 Å². The Hall–Kier alpha value is -4.53. The summed E-state index contributed by atoms with van der Waals surface area (Å²) in [5, 5.41) is 12.2. The summed E-state index contributed by atoms with van der Waals surface area (Å²) in [6, 6.07) is 14.6. The molecule has 0 saturated carbocycles. The number of aryl methyl sites for hydroxylation is 3. The van der Waals surface area contributed by atoms with Crippen LogP contribution in [0.5, 0.6) is 0 Å². The normalized spacial score (nSPS) is 12.2. The minimum atomic E-state index is -0.407. The number of carbonyl (C=O) groups is 1. The average Bonchev–Trinajstić information content (AvgIpc) is 3.40. The third-order valence-corrected chi connectivity index (χ3v) is 6.38. The van der Waals surface area contributed by atoms with Crippen molar-refractivity contribution in [1.82, 2.24) is 28.8 Å². The second-order valence-electron chi connectivity index (χ2n) is 8.86. The minimum absolute atomic E-state index is 0.0238. The number of nitrogens with one attached hydrogen (secondary N) is 2. The van der Waals surface area contributed by atoms with E-state index in [4.69, 9.17) is 10.4 Å². The number of fused-ring (bicyclic) bond motifs is 2. The summed E-state index contributed by atoms with van der Waals surface area (Å²) in [5.41, 5.74) is 2.63. The first kappa shape index (κ1) is 23.2. The second-order valence-corrected chi connectivity index (χ2v) is 8.86. The Morgan fingerprint density at radius 2 is 1.89 bits per heavy atom. The molecule has 0 aliphatic rings. The maximum atomic E-state index is 13.5. The molecule has 5 aromatic rings. The van der Waals surface area contributed by atoms with Crippen molar-refractivity contribution in [1.29, 1.82) is 5.41 Å². The summed E-state index contributed by atoms with van der Waals surface area (Å²) >= 11 is 0. The lowest BCUT2D eigenvalue weighted by molar-refractivity contribution is 0.0937. The molecule has 5 rings (SSSR count). The first-order valence-corrected chi connectivity index (χ1v) is 11.9. The largest absolute Gasteiger partial charge is 0.345 e. The lowest BCUT2D eigenvalue weighted by Crippen LogP contribution is -2.36. The minimum Gasteiger partial charge on any atom is -0.345 e. The van der Waals surface area contributed by atoms with Crippen LogP contribution in [0.4, 0.5) is 0 Å². The van der Waals surface area contributed by atoms with Crippen LogP contribution in [0.25, 0.3) is 16.7 Å². The summed E-state index contributed by atoms with van der Waals surface area (Å²) < 4.78 is 5.11. The maximum absolute atomic E-state index is 13.5. The van der Waals surface area contributed by atoms with Crippen LogP contribution in [0.1, 0.15) is 40.9 Å². The molecule has 0 aliphatic heterocycles. The van der Waals surface area contributed by atoms with Crippen molar-refractivity contribution in [3.63, 3.8) is 0 Å². The van der Waals surface area contributed by atoms with Crippen LogP contribution in [0, 0.1) is 12.3 Å². The number of benzene rings is 1. The first-order valence-electron chi connectivity index (χ1n) is 11.9. The molecule has 4 heterocycles. The van der Waals surface area contributed by atoms with E-state index in [1.165, 1.54) is 10.5 Å². The topological polar surface area (TPSA) is 110 Å². The van der Waals surface area contributed by atoms with Crippen LogP contribution in [0.2, 0.25) is 0 Å². The van der Waals surface area contributed by atoms with Crippen LogP contribution in [-0.4, -0.2) is 29.4 Å². The van der Waals surface area contributed by atoms with Crippen molar-refractivity contribution in [2.45, 2.75) is 39.4 Å². The molecule has 2 N–H and O–H groups in total. The Balaban J connectivity index is 1.61. The predicted molar refractivity (Wildman–Crippen MR) is 137 cm³/mol. The zero-order valence-corrected chi connectivity index (χ0v) is 20.2. The zero-order chi connectivity index (χ0) is 25.2. The Bertz CT molecular complexity index is 1670. The molecule has 0 radical (unpaired) electrons. The number of nitrogens with zero attached hydrogens (tertiary/aromatic N) is 5. The highest BCUT2D eigenvalue weighted by Crippen LogP contribution is 2.15. The Morgan fingerprint density at radius 3 is 2.64 bits per heavy atom. The molecule has 9 heteroatoms. The molecule has 0 saturated heterocycles. The highest BCUT2D eigenvalue weighted by Gasteiger charge is 2.19. The van der Waals surface area contributed by atoms with Crippen molar-refractivity contribution in [2.24, 2.45) is 0 Å². The van der Waals surface area contributed by atoms with E-state index >= 15 is 0 Å². The van der Waals surface area contributed by atoms with E-state index in [1.54, 1.807) is 29.4 Å². The number of hydrogen-bond donors (Lipinski definition) is 2. The lowest BCUT2D eigenvalue weighted by Gasteiger charge is -2.17. The van der Waals surface area contributed by atoms with Gasteiger partial charge in [0.15, 0.2) is 0 Å². The number of amides is 1. The molecule has 0 aliphatic carbocycles. The molecule has 36 heavy (non-hydrogen) atoms. The van der Waals surface area contributed by atoms with Gasteiger partial charge in [-0.3, -0.25) is 19.4 Å². The second kappa shape index (κ2) is 9.61. The Morgan fingerprint density at radius 1 is 1.08 bits per heavy atom. The van der Waals surface area contributed by atoms with E-state index in [-0.39, 0.29) is 22.7 Å². The summed E-state index contributed by atoms with van der Waals surface area (Å²) in [4.78, 5) is 35.7. The fourth-order valence-electron chi connectivity index (χ4n) is 4.42. The molecular formula is C27H27N7O2.